The van der Waals surface area contributed by atoms with Crippen LogP contribution in [0, 0.1) is 6.92 Å². The predicted octanol–water partition coefficient (Wildman–Crippen LogP) is 2.86. The summed E-state index contributed by atoms with van der Waals surface area (Å²) in [5.41, 5.74) is 3.08. The number of aliphatic hydroxyl groups is 2. The summed E-state index contributed by atoms with van der Waals surface area (Å²) in [6.45, 7) is 2.88. The number of pyridine rings is 3. The molecule has 1 saturated heterocycles. The first-order chi connectivity index (χ1) is 16.9. The molecule has 3 aromatic rings. The van der Waals surface area contributed by atoms with E-state index in [0.29, 0.717) is 28.9 Å². The van der Waals surface area contributed by atoms with Gasteiger partial charge in [-0.2, -0.15) is 4.98 Å². The molecule has 2 atom stereocenters. The van der Waals surface area contributed by atoms with Crippen molar-refractivity contribution >= 4 is 35.0 Å². The SMILES string of the molecule is Cc1cc(-c2nc3c(cc2Cl)N2CC[C@@H](C2)N3C(=O)Nc2cccc(OC[C@@H](O)CO)n2)ccn1. The van der Waals surface area contributed by atoms with Crippen molar-refractivity contribution in [1.82, 2.24) is 15.0 Å². The molecular formula is C24H25ClN6O4. The molecule has 0 aliphatic carbocycles. The van der Waals surface area contributed by atoms with Crippen molar-refractivity contribution in [3.8, 4) is 17.1 Å². The van der Waals surface area contributed by atoms with Gasteiger partial charge in [0, 0.05) is 36.6 Å². The fourth-order valence-electron chi connectivity index (χ4n) is 4.35. The van der Waals surface area contributed by atoms with Gasteiger partial charge >= 0.3 is 6.03 Å². The molecule has 2 aliphatic rings. The number of amides is 2. The maximum Gasteiger partial charge on any atom is 0.329 e. The van der Waals surface area contributed by atoms with Gasteiger partial charge in [0.2, 0.25) is 5.88 Å². The zero-order chi connectivity index (χ0) is 24.5. The number of hydrogen-bond donors (Lipinski definition) is 3. The van der Waals surface area contributed by atoms with Crippen molar-refractivity contribution in [2.75, 3.05) is 41.4 Å². The van der Waals surface area contributed by atoms with Crippen LogP contribution < -0.4 is 19.9 Å². The highest BCUT2D eigenvalue weighted by molar-refractivity contribution is 6.33. The van der Waals surface area contributed by atoms with Gasteiger partial charge in [0.15, 0.2) is 5.82 Å². The lowest BCUT2D eigenvalue weighted by atomic mass is 10.1. The van der Waals surface area contributed by atoms with Gasteiger partial charge in [0.05, 0.1) is 29.1 Å². The quantitative estimate of drug-likeness (QED) is 0.476. The molecule has 0 radical (unpaired) electrons. The molecule has 3 N–H and O–H groups in total. The molecule has 1 fully saturated rings. The Bertz CT molecular complexity index is 1260. The van der Waals surface area contributed by atoms with Crippen LogP contribution in [0.4, 0.5) is 22.1 Å². The van der Waals surface area contributed by atoms with Crippen LogP contribution in [0.3, 0.4) is 0 Å². The average Bonchev–Trinajstić information content (AvgIpc) is 3.27. The monoisotopic (exact) mass is 496 g/mol. The fourth-order valence-corrected chi connectivity index (χ4v) is 4.60. The third-order valence-electron chi connectivity index (χ3n) is 6.02. The highest BCUT2D eigenvalue weighted by Gasteiger charge is 2.41. The Kier molecular flexibility index (Phi) is 6.42. The Balaban J connectivity index is 1.44. The van der Waals surface area contributed by atoms with E-state index in [2.05, 4.69) is 20.2 Å². The van der Waals surface area contributed by atoms with Crippen molar-refractivity contribution in [1.29, 1.82) is 0 Å². The van der Waals surface area contributed by atoms with Crippen LogP contribution in [0.1, 0.15) is 12.1 Å². The van der Waals surface area contributed by atoms with Crippen LogP contribution in [0.5, 0.6) is 5.88 Å². The molecule has 2 aliphatic heterocycles. The minimum Gasteiger partial charge on any atom is -0.475 e. The number of aromatic nitrogens is 3. The molecule has 5 heterocycles. The van der Waals surface area contributed by atoms with Crippen LogP contribution in [0.2, 0.25) is 5.02 Å². The summed E-state index contributed by atoms with van der Waals surface area (Å²) in [5.74, 6) is 1.07. The Morgan fingerprint density at radius 2 is 2.17 bits per heavy atom. The number of aryl methyl sites for hydroxylation is 1. The first kappa shape index (κ1) is 23.3. The molecular weight excluding hydrogens is 472 g/mol. The Labute approximate surface area is 207 Å². The van der Waals surface area contributed by atoms with Gasteiger partial charge in [0.25, 0.3) is 0 Å². The van der Waals surface area contributed by atoms with Crippen molar-refractivity contribution in [2.24, 2.45) is 0 Å². The number of nitrogens with zero attached hydrogens (tertiary/aromatic N) is 5. The molecule has 5 rings (SSSR count). The molecule has 2 bridgehead atoms. The smallest absolute Gasteiger partial charge is 0.329 e. The van der Waals surface area contributed by atoms with E-state index in [1.807, 2.05) is 25.1 Å². The second kappa shape index (κ2) is 9.65. The van der Waals surface area contributed by atoms with Crippen LogP contribution >= 0.6 is 11.6 Å². The number of hydrogen-bond acceptors (Lipinski definition) is 8. The summed E-state index contributed by atoms with van der Waals surface area (Å²) in [7, 11) is 0. The number of ether oxygens (including phenoxy) is 1. The molecule has 182 valence electrons. The lowest BCUT2D eigenvalue weighted by Crippen LogP contribution is -2.48. The highest BCUT2D eigenvalue weighted by Crippen LogP contribution is 2.43. The maximum absolute atomic E-state index is 13.5. The van der Waals surface area contributed by atoms with Gasteiger partial charge in [-0.25, -0.2) is 9.78 Å². The Morgan fingerprint density at radius 3 is 2.97 bits per heavy atom. The van der Waals surface area contributed by atoms with Gasteiger partial charge in [0.1, 0.15) is 18.5 Å². The zero-order valence-corrected chi connectivity index (χ0v) is 19.8. The van der Waals surface area contributed by atoms with Gasteiger partial charge in [-0.05, 0) is 37.6 Å². The van der Waals surface area contributed by atoms with Crippen LogP contribution in [0.25, 0.3) is 11.3 Å². The first-order valence-electron chi connectivity index (χ1n) is 11.3. The van der Waals surface area contributed by atoms with Crippen LogP contribution in [0.15, 0.2) is 42.6 Å². The lowest BCUT2D eigenvalue weighted by molar-refractivity contribution is 0.0521. The van der Waals surface area contributed by atoms with E-state index in [1.165, 1.54) is 0 Å². The molecule has 0 spiro atoms. The molecule has 0 aromatic carbocycles. The molecule has 0 saturated carbocycles. The minimum atomic E-state index is -1.01. The molecule has 3 aromatic heterocycles. The number of rotatable bonds is 6. The van der Waals surface area contributed by atoms with E-state index in [9.17, 15) is 9.90 Å². The summed E-state index contributed by atoms with van der Waals surface area (Å²) in [4.78, 5) is 30.7. The highest BCUT2D eigenvalue weighted by atomic mass is 35.5. The van der Waals surface area contributed by atoms with Crippen molar-refractivity contribution in [2.45, 2.75) is 25.5 Å². The predicted molar refractivity (Wildman–Crippen MR) is 132 cm³/mol. The van der Waals surface area contributed by atoms with Crippen LogP contribution in [-0.4, -0.2) is 69.6 Å². The average molecular weight is 497 g/mol. The fraction of sp³-hybridized carbons (Fsp3) is 0.333. The Morgan fingerprint density at radius 1 is 1.31 bits per heavy atom. The summed E-state index contributed by atoms with van der Waals surface area (Å²) in [6, 6.07) is 10.2. The minimum absolute atomic E-state index is 0.0395. The largest absolute Gasteiger partial charge is 0.475 e. The van der Waals surface area contributed by atoms with Crippen molar-refractivity contribution in [3.05, 3.63) is 53.3 Å². The lowest BCUT2D eigenvalue weighted by Gasteiger charge is -2.36. The van der Waals surface area contributed by atoms with E-state index in [0.717, 1.165) is 29.9 Å². The number of fused-ring (bicyclic) bond motifs is 4. The number of nitrogens with one attached hydrogen (secondary N) is 1. The number of anilines is 3. The summed E-state index contributed by atoms with van der Waals surface area (Å²) < 4.78 is 5.39. The van der Waals surface area contributed by atoms with Crippen LogP contribution in [-0.2, 0) is 0 Å². The number of carbonyl (C=O) groups is 1. The third kappa shape index (κ3) is 4.72. The van der Waals surface area contributed by atoms with Gasteiger partial charge in [-0.1, -0.05) is 17.7 Å². The van der Waals surface area contributed by atoms with E-state index >= 15 is 0 Å². The van der Waals surface area contributed by atoms with E-state index in [-0.39, 0.29) is 24.6 Å². The molecule has 35 heavy (non-hydrogen) atoms. The van der Waals surface area contributed by atoms with Gasteiger partial charge < -0.3 is 19.8 Å². The van der Waals surface area contributed by atoms with Gasteiger partial charge in [-0.3, -0.25) is 15.2 Å². The maximum atomic E-state index is 13.5. The molecule has 11 heteroatoms. The number of carbonyl (C=O) groups excluding carboxylic acids is 1. The first-order valence-corrected chi connectivity index (χ1v) is 11.7. The van der Waals surface area contributed by atoms with E-state index in [1.54, 1.807) is 29.3 Å². The summed E-state index contributed by atoms with van der Waals surface area (Å²) >= 11 is 6.63. The normalized spacial score (nSPS) is 17.2. The van der Waals surface area contributed by atoms with Crippen molar-refractivity contribution < 1.29 is 19.7 Å². The molecule has 10 nitrogen and oxygen atoms in total. The summed E-state index contributed by atoms with van der Waals surface area (Å²) in [6.07, 6.45) is 1.50. The standard InChI is InChI=1S/C24H25ClN6O4/c1-14-9-15(5-7-26-14)22-18(25)10-19-23(29-22)31(16-6-8-30(19)11-16)24(34)28-20-3-2-4-21(27-20)35-13-17(33)12-32/h2-5,7,9-10,16-17,32-33H,6,8,11-13H2,1H3,(H,27,28,34)/t16-,17-/m0/s1. The number of halogens is 1. The van der Waals surface area contributed by atoms with Crippen molar-refractivity contribution in [3.63, 3.8) is 0 Å². The third-order valence-corrected chi connectivity index (χ3v) is 6.30. The molecule has 0 unspecified atom stereocenters. The Hall–Kier alpha value is -3.47. The molecule has 2 amide bonds. The number of aliphatic hydroxyl groups excluding tert-OH is 2. The topological polar surface area (TPSA) is 124 Å². The van der Waals surface area contributed by atoms with E-state index < -0.39 is 12.7 Å². The van der Waals surface area contributed by atoms with E-state index in [4.69, 9.17) is 26.4 Å². The second-order valence-corrected chi connectivity index (χ2v) is 8.95. The summed E-state index contributed by atoms with van der Waals surface area (Å²) in [5, 5.41) is 21.8. The van der Waals surface area contributed by atoms with Gasteiger partial charge in [-0.15, -0.1) is 0 Å². The second-order valence-electron chi connectivity index (χ2n) is 8.54. The zero-order valence-electron chi connectivity index (χ0n) is 19.1. The number of urea groups is 1.